The van der Waals surface area contributed by atoms with E-state index in [-0.39, 0.29) is 0 Å². The van der Waals surface area contributed by atoms with Crippen LogP contribution in [0.4, 0.5) is 0 Å². The summed E-state index contributed by atoms with van der Waals surface area (Å²) in [4.78, 5) is 14.4. The average Bonchev–Trinajstić information content (AvgIpc) is 2.45. The predicted molar refractivity (Wildman–Crippen MR) is 44.6 cm³/mol. The van der Waals surface area contributed by atoms with Crippen LogP contribution in [0.15, 0.2) is 21.7 Å². The van der Waals surface area contributed by atoms with E-state index in [4.69, 9.17) is 9.52 Å². The van der Waals surface area contributed by atoms with Gasteiger partial charge in [-0.3, -0.25) is 0 Å². The Labute approximate surface area is 74.6 Å². The number of hydrogen-bond acceptors (Lipinski definition) is 4. The quantitative estimate of drug-likeness (QED) is 0.558. The summed E-state index contributed by atoms with van der Waals surface area (Å²) in [6.07, 6.45) is 1.32. The van der Waals surface area contributed by atoms with Gasteiger partial charge in [0.2, 0.25) is 6.61 Å². The molecule has 5 heteroatoms. The van der Waals surface area contributed by atoms with Crippen LogP contribution in [-0.4, -0.2) is 23.9 Å². The van der Waals surface area contributed by atoms with E-state index in [0.717, 1.165) is 5.76 Å². The fourth-order valence-corrected chi connectivity index (χ4v) is 0.705. The first-order valence-corrected chi connectivity index (χ1v) is 3.62. The molecule has 5 nitrogen and oxygen atoms in total. The molecule has 0 aliphatic rings. The van der Waals surface area contributed by atoms with E-state index in [2.05, 4.69) is 9.99 Å². The molecule has 13 heavy (non-hydrogen) atoms. The number of rotatable bonds is 4. The third kappa shape index (κ3) is 3.42. The van der Waals surface area contributed by atoms with Crippen molar-refractivity contribution >= 4 is 12.2 Å². The number of aliphatic carboxylic acids is 1. The maximum Gasteiger partial charge on any atom is 0.344 e. The molecule has 1 heterocycles. The van der Waals surface area contributed by atoms with Crippen molar-refractivity contribution in [2.45, 2.75) is 6.92 Å². The second-order valence-electron chi connectivity index (χ2n) is 2.35. The normalized spacial score (nSPS) is 10.5. The number of carboxylic acid groups (broad SMARTS) is 1. The molecule has 70 valence electrons. The average molecular weight is 183 g/mol. The molecule has 1 rings (SSSR count). The lowest BCUT2D eigenvalue weighted by Gasteiger charge is -1.90. The summed E-state index contributed by atoms with van der Waals surface area (Å²) in [6, 6.07) is 3.49. The first-order chi connectivity index (χ1) is 6.18. The summed E-state index contributed by atoms with van der Waals surface area (Å²) in [5, 5.41) is 11.6. The van der Waals surface area contributed by atoms with Crippen molar-refractivity contribution in [3.8, 4) is 0 Å². The van der Waals surface area contributed by atoms with E-state index in [9.17, 15) is 4.79 Å². The molecule has 0 saturated heterocycles. The zero-order valence-electron chi connectivity index (χ0n) is 7.06. The molecule has 0 unspecified atom stereocenters. The second kappa shape index (κ2) is 4.30. The standard InChI is InChI=1S/C8H9NO4/c1-6-2-3-7(13-6)4-9-12-5-8(10)11/h2-4H,5H2,1H3,(H,10,11). The maximum atomic E-state index is 9.99. The molecule has 0 radical (unpaired) electrons. The highest BCUT2D eigenvalue weighted by molar-refractivity contribution is 5.75. The van der Waals surface area contributed by atoms with Crippen LogP contribution >= 0.6 is 0 Å². The highest BCUT2D eigenvalue weighted by Gasteiger charge is 1.95. The van der Waals surface area contributed by atoms with Crippen molar-refractivity contribution in [3.05, 3.63) is 23.7 Å². The molecule has 1 aromatic heterocycles. The number of carboxylic acids is 1. The number of oxime groups is 1. The Morgan fingerprint density at radius 2 is 2.54 bits per heavy atom. The van der Waals surface area contributed by atoms with Gasteiger partial charge in [0.25, 0.3) is 0 Å². The largest absolute Gasteiger partial charge is 0.479 e. The van der Waals surface area contributed by atoms with Gasteiger partial charge in [-0.15, -0.1) is 0 Å². The summed E-state index contributed by atoms with van der Waals surface area (Å²) >= 11 is 0. The Hall–Kier alpha value is -1.78. The Bertz CT molecular complexity index is 316. The van der Waals surface area contributed by atoms with Gasteiger partial charge in [-0.05, 0) is 19.1 Å². The molecule has 0 aliphatic heterocycles. The lowest BCUT2D eigenvalue weighted by atomic mass is 10.4. The van der Waals surface area contributed by atoms with Crippen molar-refractivity contribution in [2.24, 2.45) is 5.16 Å². The van der Waals surface area contributed by atoms with E-state index >= 15 is 0 Å². The number of carbonyl (C=O) groups is 1. The summed E-state index contributed by atoms with van der Waals surface area (Å²) in [5.74, 6) is 0.232. The lowest BCUT2D eigenvalue weighted by molar-refractivity contribution is -0.142. The Morgan fingerprint density at radius 3 is 3.08 bits per heavy atom. The molecule has 0 bridgehead atoms. The third-order valence-corrected chi connectivity index (χ3v) is 1.20. The minimum absolute atomic E-state index is 0.448. The van der Waals surface area contributed by atoms with E-state index in [1.165, 1.54) is 6.21 Å². The first-order valence-electron chi connectivity index (χ1n) is 3.62. The summed E-state index contributed by atoms with van der Waals surface area (Å²) < 4.78 is 5.11. The van der Waals surface area contributed by atoms with Crippen molar-refractivity contribution in [1.82, 2.24) is 0 Å². The van der Waals surface area contributed by atoms with Crippen LogP contribution in [0.5, 0.6) is 0 Å². The van der Waals surface area contributed by atoms with Crippen LogP contribution < -0.4 is 0 Å². The van der Waals surface area contributed by atoms with Crippen LogP contribution in [0.1, 0.15) is 11.5 Å². The molecule has 0 saturated carbocycles. The summed E-state index contributed by atoms with van der Waals surface area (Å²) in [5.41, 5.74) is 0. The Balaban J connectivity index is 2.36. The minimum Gasteiger partial charge on any atom is -0.479 e. The highest BCUT2D eigenvalue weighted by atomic mass is 16.6. The van der Waals surface area contributed by atoms with Gasteiger partial charge in [-0.25, -0.2) is 4.79 Å². The van der Waals surface area contributed by atoms with Gasteiger partial charge in [-0.2, -0.15) is 0 Å². The van der Waals surface area contributed by atoms with E-state index in [0.29, 0.717) is 5.76 Å². The van der Waals surface area contributed by atoms with Gasteiger partial charge >= 0.3 is 5.97 Å². The van der Waals surface area contributed by atoms with Gasteiger partial charge < -0.3 is 14.4 Å². The summed E-state index contributed by atoms with van der Waals surface area (Å²) in [7, 11) is 0. The lowest BCUT2D eigenvalue weighted by Crippen LogP contribution is -2.03. The molecular weight excluding hydrogens is 174 g/mol. The second-order valence-corrected chi connectivity index (χ2v) is 2.35. The Kier molecular flexibility index (Phi) is 3.08. The number of aryl methyl sites for hydroxylation is 1. The molecule has 0 fully saturated rings. The number of furan rings is 1. The maximum absolute atomic E-state index is 9.99. The van der Waals surface area contributed by atoms with Gasteiger partial charge in [0.1, 0.15) is 17.7 Å². The molecule has 1 N–H and O–H groups in total. The Morgan fingerprint density at radius 1 is 1.77 bits per heavy atom. The van der Waals surface area contributed by atoms with Crippen molar-refractivity contribution in [3.63, 3.8) is 0 Å². The SMILES string of the molecule is Cc1ccc(C=NOCC(=O)O)o1. The molecule has 1 aromatic rings. The molecule has 0 aliphatic carbocycles. The molecule has 0 amide bonds. The predicted octanol–water partition coefficient (Wildman–Crippen LogP) is 1.02. The van der Waals surface area contributed by atoms with E-state index < -0.39 is 12.6 Å². The highest BCUT2D eigenvalue weighted by Crippen LogP contribution is 2.02. The van der Waals surface area contributed by atoms with Gasteiger partial charge in [0, 0.05) is 0 Å². The van der Waals surface area contributed by atoms with Crippen LogP contribution in [0, 0.1) is 6.92 Å². The fraction of sp³-hybridized carbons (Fsp3) is 0.250. The monoisotopic (exact) mass is 183 g/mol. The van der Waals surface area contributed by atoms with Crippen molar-refractivity contribution < 1.29 is 19.2 Å². The van der Waals surface area contributed by atoms with Crippen LogP contribution in [0.2, 0.25) is 0 Å². The van der Waals surface area contributed by atoms with Crippen molar-refractivity contribution in [2.75, 3.05) is 6.61 Å². The van der Waals surface area contributed by atoms with Gasteiger partial charge in [-0.1, -0.05) is 5.16 Å². The first kappa shape index (κ1) is 9.31. The van der Waals surface area contributed by atoms with E-state index in [1.54, 1.807) is 19.1 Å². The summed E-state index contributed by atoms with van der Waals surface area (Å²) in [6.45, 7) is 1.35. The topological polar surface area (TPSA) is 72.0 Å². The molecule has 0 atom stereocenters. The molecule has 0 aromatic carbocycles. The van der Waals surface area contributed by atoms with Gasteiger partial charge in [0.05, 0.1) is 0 Å². The van der Waals surface area contributed by atoms with Crippen LogP contribution in [0.3, 0.4) is 0 Å². The van der Waals surface area contributed by atoms with Crippen LogP contribution in [-0.2, 0) is 9.63 Å². The third-order valence-electron chi connectivity index (χ3n) is 1.20. The molecular formula is C8H9NO4. The zero-order valence-corrected chi connectivity index (χ0v) is 7.06. The fourth-order valence-electron chi connectivity index (χ4n) is 0.705. The molecule has 0 spiro atoms. The van der Waals surface area contributed by atoms with E-state index in [1.807, 2.05) is 0 Å². The smallest absolute Gasteiger partial charge is 0.344 e. The number of hydrogen-bond donors (Lipinski definition) is 1. The minimum atomic E-state index is -1.06. The number of nitrogens with zero attached hydrogens (tertiary/aromatic N) is 1. The van der Waals surface area contributed by atoms with Gasteiger partial charge in [0.15, 0.2) is 0 Å². The van der Waals surface area contributed by atoms with Crippen LogP contribution in [0.25, 0.3) is 0 Å². The van der Waals surface area contributed by atoms with Crippen molar-refractivity contribution in [1.29, 1.82) is 0 Å². The zero-order chi connectivity index (χ0) is 9.68.